The highest BCUT2D eigenvalue weighted by Gasteiger charge is 2.06. The summed E-state index contributed by atoms with van der Waals surface area (Å²) in [5.41, 5.74) is 0. The molecule has 0 saturated heterocycles. The van der Waals surface area contributed by atoms with Gasteiger partial charge in [-0.25, -0.2) is 0 Å². The van der Waals surface area contributed by atoms with Crippen LogP contribution >= 0.6 is 0 Å². The highest BCUT2D eigenvalue weighted by Crippen LogP contribution is 2.01. The highest BCUT2D eigenvalue weighted by molar-refractivity contribution is 5.75. The van der Waals surface area contributed by atoms with Gasteiger partial charge in [0.05, 0.1) is 6.10 Å². The average molecular weight is 159 g/mol. The van der Waals surface area contributed by atoms with E-state index in [1.54, 1.807) is 19.0 Å². The molecule has 0 aliphatic heterocycles. The molecule has 0 saturated carbocycles. The fourth-order valence-corrected chi connectivity index (χ4v) is 0.718. The van der Waals surface area contributed by atoms with E-state index >= 15 is 0 Å². The predicted molar refractivity (Wildman–Crippen MR) is 44.2 cm³/mol. The first kappa shape index (κ1) is 10.4. The zero-order valence-corrected chi connectivity index (χ0v) is 7.50. The van der Waals surface area contributed by atoms with Gasteiger partial charge in [0.15, 0.2) is 0 Å². The van der Waals surface area contributed by atoms with Crippen molar-refractivity contribution in [2.45, 2.75) is 32.3 Å². The van der Waals surface area contributed by atoms with Crippen molar-refractivity contribution < 1.29 is 9.90 Å². The van der Waals surface area contributed by atoms with E-state index in [1.165, 1.54) is 0 Å². The summed E-state index contributed by atoms with van der Waals surface area (Å²) in [5.74, 6) is 0.0810. The molecule has 1 atom stereocenters. The SMILES string of the molecule is CCC(O)CCC(=O)N(C)C. The Morgan fingerprint density at radius 3 is 2.45 bits per heavy atom. The Balaban J connectivity index is 3.46. The maximum atomic E-state index is 11.0. The molecule has 0 bridgehead atoms. The monoisotopic (exact) mass is 159 g/mol. The molecule has 0 spiro atoms. The van der Waals surface area contributed by atoms with E-state index in [2.05, 4.69) is 0 Å². The van der Waals surface area contributed by atoms with Gasteiger partial charge in [0, 0.05) is 20.5 Å². The quantitative estimate of drug-likeness (QED) is 0.653. The van der Waals surface area contributed by atoms with E-state index in [0.717, 1.165) is 6.42 Å². The van der Waals surface area contributed by atoms with Crippen molar-refractivity contribution in [2.24, 2.45) is 0 Å². The number of hydrogen-bond acceptors (Lipinski definition) is 2. The molecule has 0 rings (SSSR count). The first-order valence-corrected chi connectivity index (χ1v) is 3.96. The van der Waals surface area contributed by atoms with E-state index in [4.69, 9.17) is 5.11 Å². The summed E-state index contributed by atoms with van der Waals surface area (Å²) >= 11 is 0. The summed E-state index contributed by atoms with van der Waals surface area (Å²) in [6.45, 7) is 1.91. The summed E-state index contributed by atoms with van der Waals surface area (Å²) in [7, 11) is 3.45. The van der Waals surface area contributed by atoms with Crippen LogP contribution in [0.1, 0.15) is 26.2 Å². The Morgan fingerprint density at radius 2 is 2.09 bits per heavy atom. The molecule has 0 radical (unpaired) electrons. The van der Waals surface area contributed by atoms with Crippen LogP contribution in [0.5, 0.6) is 0 Å². The molecule has 0 aromatic rings. The molecular weight excluding hydrogens is 142 g/mol. The molecule has 0 fully saturated rings. The largest absolute Gasteiger partial charge is 0.393 e. The average Bonchev–Trinajstić information content (AvgIpc) is 1.99. The summed E-state index contributed by atoms with van der Waals surface area (Å²) < 4.78 is 0. The molecular formula is C8H17NO2. The van der Waals surface area contributed by atoms with Crippen molar-refractivity contribution in [1.29, 1.82) is 0 Å². The van der Waals surface area contributed by atoms with Crippen LogP contribution in [0.3, 0.4) is 0 Å². The van der Waals surface area contributed by atoms with Crippen LogP contribution in [0, 0.1) is 0 Å². The lowest BCUT2D eigenvalue weighted by atomic mass is 10.1. The Hall–Kier alpha value is -0.570. The molecule has 0 heterocycles. The number of carbonyl (C=O) groups excluding carboxylic acids is 1. The van der Waals surface area contributed by atoms with Gasteiger partial charge in [-0.3, -0.25) is 4.79 Å². The van der Waals surface area contributed by atoms with E-state index in [0.29, 0.717) is 12.8 Å². The Kier molecular flexibility index (Phi) is 4.86. The highest BCUT2D eigenvalue weighted by atomic mass is 16.3. The van der Waals surface area contributed by atoms with E-state index in [-0.39, 0.29) is 12.0 Å². The first-order chi connectivity index (χ1) is 5.07. The molecule has 11 heavy (non-hydrogen) atoms. The van der Waals surface area contributed by atoms with Gasteiger partial charge in [-0.1, -0.05) is 6.92 Å². The van der Waals surface area contributed by atoms with Crippen LogP contribution in [-0.4, -0.2) is 36.1 Å². The van der Waals surface area contributed by atoms with Crippen LogP contribution in [0.25, 0.3) is 0 Å². The Bertz CT molecular complexity index is 123. The van der Waals surface area contributed by atoms with Gasteiger partial charge in [0.1, 0.15) is 0 Å². The van der Waals surface area contributed by atoms with Crippen LogP contribution in [0.4, 0.5) is 0 Å². The van der Waals surface area contributed by atoms with E-state index in [1.807, 2.05) is 6.92 Å². The van der Waals surface area contributed by atoms with Crippen LogP contribution in [-0.2, 0) is 4.79 Å². The third kappa shape index (κ3) is 4.79. The molecule has 66 valence electrons. The van der Waals surface area contributed by atoms with Gasteiger partial charge in [-0.05, 0) is 12.8 Å². The minimum atomic E-state index is -0.320. The van der Waals surface area contributed by atoms with Gasteiger partial charge >= 0.3 is 0 Å². The standard InChI is InChI=1S/C8H17NO2/c1-4-7(10)5-6-8(11)9(2)3/h7,10H,4-6H2,1-3H3. The van der Waals surface area contributed by atoms with Crippen LogP contribution in [0.2, 0.25) is 0 Å². The van der Waals surface area contributed by atoms with Crippen molar-refractivity contribution in [2.75, 3.05) is 14.1 Å². The number of rotatable bonds is 4. The topological polar surface area (TPSA) is 40.5 Å². The molecule has 1 N–H and O–H groups in total. The van der Waals surface area contributed by atoms with Crippen LogP contribution in [0.15, 0.2) is 0 Å². The van der Waals surface area contributed by atoms with Crippen molar-refractivity contribution in [3.05, 3.63) is 0 Å². The molecule has 0 aromatic carbocycles. The second-order valence-electron chi connectivity index (χ2n) is 2.89. The van der Waals surface area contributed by atoms with Crippen molar-refractivity contribution in [1.82, 2.24) is 4.90 Å². The zero-order valence-electron chi connectivity index (χ0n) is 7.50. The number of hydrogen-bond donors (Lipinski definition) is 1. The molecule has 3 heteroatoms. The summed E-state index contributed by atoms with van der Waals surface area (Å²) in [5, 5.41) is 9.12. The molecule has 3 nitrogen and oxygen atoms in total. The predicted octanol–water partition coefficient (Wildman–Crippen LogP) is 0.626. The third-order valence-electron chi connectivity index (χ3n) is 1.66. The Labute approximate surface area is 68.0 Å². The number of amides is 1. The van der Waals surface area contributed by atoms with Crippen molar-refractivity contribution in [3.63, 3.8) is 0 Å². The summed E-state index contributed by atoms with van der Waals surface area (Å²) in [6.07, 6.45) is 1.43. The second-order valence-corrected chi connectivity index (χ2v) is 2.89. The first-order valence-electron chi connectivity index (χ1n) is 3.96. The summed E-state index contributed by atoms with van der Waals surface area (Å²) in [4.78, 5) is 12.5. The summed E-state index contributed by atoms with van der Waals surface area (Å²) in [6, 6.07) is 0. The maximum Gasteiger partial charge on any atom is 0.222 e. The third-order valence-corrected chi connectivity index (χ3v) is 1.66. The fraction of sp³-hybridized carbons (Fsp3) is 0.875. The minimum Gasteiger partial charge on any atom is -0.393 e. The number of carbonyl (C=O) groups is 1. The minimum absolute atomic E-state index is 0.0810. The number of aliphatic hydroxyl groups excluding tert-OH is 1. The van der Waals surface area contributed by atoms with Gasteiger partial charge in [-0.15, -0.1) is 0 Å². The molecule has 0 aliphatic rings. The van der Waals surface area contributed by atoms with Gasteiger partial charge in [0.25, 0.3) is 0 Å². The lowest BCUT2D eigenvalue weighted by Crippen LogP contribution is -2.22. The lowest BCUT2D eigenvalue weighted by Gasteiger charge is -2.11. The smallest absolute Gasteiger partial charge is 0.222 e. The lowest BCUT2D eigenvalue weighted by molar-refractivity contribution is -0.129. The Morgan fingerprint density at radius 1 is 1.55 bits per heavy atom. The van der Waals surface area contributed by atoms with Gasteiger partial charge in [0.2, 0.25) is 5.91 Å². The second kappa shape index (κ2) is 5.13. The van der Waals surface area contributed by atoms with Gasteiger partial charge in [-0.2, -0.15) is 0 Å². The number of aliphatic hydroxyl groups is 1. The molecule has 0 aromatic heterocycles. The van der Waals surface area contributed by atoms with E-state index in [9.17, 15) is 4.79 Å². The molecule has 0 aliphatic carbocycles. The molecule has 1 unspecified atom stereocenters. The fourth-order valence-electron chi connectivity index (χ4n) is 0.718. The van der Waals surface area contributed by atoms with Crippen molar-refractivity contribution in [3.8, 4) is 0 Å². The maximum absolute atomic E-state index is 11.0. The van der Waals surface area contributed by atoms with E-state index < -0.39 is 0 Å². The normalized spacial score (nSPS) is 12.7. The van der Waals surface area contributed by atoms with Crippen molar-refractivity contribution >= 4 is 5.91 Å². The van der Waals surface area contributed by atoms with Crippen LogP contribution < -0.4 is 0 Å². The molecule has 1 amide bonds. The van der Waals surface area contributed by atoms with Gasteiger partial charge < -0.3 is 10.0 Å². The zero-order chi connectivity index (χ0) is 8.85. The number of nitrogens with zero attached hydrogens (tertiary/aromatic N) is 1.